The lowest BCUT2D eigenvalue weighted by atomic mass is 10.2. The highest BCUT2D eigenvalue weighted by Crippen LogP contribution is 2.17. The summed E-state index contributed by atoms with van der Waals surface area (Å²) in [5, 5.41) is 10.9. The van der Waals surface area contributed by atoms with Crippen molar-refractivity contribution in [1.29, 1.82) is 0 Å². The van der Waals surface area contributed by atoms with Crippen LogP contribution < -0.4 is 15.4 Å². The van der Waals surface area contributed by atoms with Crippen molar-refractivity contribution >= 4 is 5.96 Å². The van der Waals surface area contributed by atoms with Crippen molar-refractivity contribution in [2.45, 2.75) is 40.3 Å². The Hall–Kier alpha value is -2.50. The normalized spacial score (nSPS) is 12.7. The van der Waals surface area contributed by atoms with E-state index in [4.69, 9.17) is 4.74 Å². The van der Waals surface area contributed by atoms with Crippen LogP contribution in [0.15, 0.2) is 41.7 Å². The van der Waals surface area contributed by atoms with E-state index >= 15 is 0 Å². The Morgan fingerprint density at radius 2 is 2.08 bits per heavy atom. The maximum atomic E-state index is 5.97. The highest BCUT2D eigenvalue weighted by molar-refractivity contribution is 5.79. The molecule has 0 saturated carbocycles. The summed E-state index contributed by atoms with van der Waals surface area (Å²) in [5.41, 5.74) is 2.31. The number of aryl methyl sites for hydroxylation is 2. The summed E-state index contributed by atoms with van der Waals surface area (Å²) in [7, 11) is 0. The van der Waals surface area contributed by atoms with Crippen LogP contribution in [0.2, 0.25) is 0 Å². The zero-order valence-corrected chi connectivity index (χ0v) is 15.6. The Balaban J connectivity index is 1.82. The van der Waals surface area contributed by atoms with Gasteiger partial charge in [-0.15, -0.1) is 0 Å². The third-order valence-corrected chi connectivity index (χ3v) is 3.67. The molecule has 0 radical (unpaired) electrons. The fraction of sp³-hybridized carbons (Fsp3) is 0.474. The number of nitrogens with zero attached hydrogens (tertiary/aromatic N) is 3. The summed E-state index contributed by atoms with van der Waals surface area (Å²) >= 11 is 0. The minimum atomic E-state index is 0.00493. The summed E-state index contributed by atoms with van der Waals surface area (Å²) in [5.74, 6) is 1.71. The lowest BCUT2D eigenvalue weighted by Crippen LogP contribution is -2.39. The van der Waals surface area contributed by atoms with Crippen LogP contribution in [-0.2, 0) is 6.54 Å². The van der Waals surface area contributed by atoms with E-state index in [1.54, 1.807) is 0 Å². The zero-order valence-electron chi connectivity index (χ0n) is 15.6. The van der Waals surface area contributed by atoms with Gasteiger partial charge in [-0.05, 0) is 44.9 Å². The second-order valence-corrected chi connectivity index (χ2v) is 6.12. The molecule has 2 rings (SSSR count). The molecule has 0 bridgehead atoms. The largest absolute Gasteiger partial charge is 0.489 e. The summed E-state index contributed by atoms with van der Waals surface area (Å²) in [6.07, 6.45) is 3.90. The van der Waals surface area contributed by atoms with E-state index in [0.29, 0.717) is 6.54 Å². The molecule has 136 valence electrons. The maximum absolute atomic E-state index is 5.97. The zero-order chi connectivity index (χ0) is 18.1. The number of aromatic nitrogens is 2. The van der Waals surface area contributed by atoms with Crippen molar-refractivity contribution in [1.82, 2.24) is 20.4 Å². The van der Waals surface area contributed by atoms with Gasteiger partial charge in [0.2, 0.25) is 0 Å². The van der Waals surface area contributed by atoms with Crippen molar-refractivity contribution in [2.75, 3.05) is 19.6 Å². The van der Waals surface area contributed by atoms with Crippen LogP contribution in [-0.4, -0.2) is 41.5 Å². The number of nitrogens with one attached hydrogen (secondary N) is 2. The van der Waals surface area contributed by atoms with Crippen LogP contribution in [0.3, 0.4) is 0 Å². The molecule has 0 aliphatic carbocycles. The molecule has 25 heavy (non-hydrogen) atoms. The number of rotatable bonds is 8. The fourth-order valence-electron chi connectivity index (χ4n) is 2.38. The molecule has 1 aromatic carbocycles. The van der Waals surface area contributed by atoms with Gasteiger partial charge in [0.25, 0.3) is 0 Å². The minimum Gasteiger partial charge on any atom is -0.489 e. The molecule has 1 heterocycles. The van der Waals surface area contributed by atoms with Crippen molar-refractivity contribution in [3.05, 3.63) is 47.8 Å². The quantitative estimate of drug-likeness (QED) is 0.571. The first-order chi connectivity index (χ1) is 12.1. The third kappa shape index (κ3) is 6.49. The number of hydrogen-bond donors (Lipinski definition) is 2. The lowest BCUT2D eigenvalue weighted by Gasteiger charge is -2.16. The van der Waals surface area contributed by atoms with E-state index in [1.165, 1.54) is 5.56 Å². The summed E-state index contributed by atoms with van der Waals surface area (Å²) in [4.78, 5) is 4.62. The van der Waals surface area contributed by atoms with Gasteiger partial charge in [0.05, 0.1) is 19.3 Å². The van der Waals surface area contributed by atoms with Gasteiger partial charge in [-0.25, -0.2) is 4.99 Å². The smallest absolute Gasteiger partial charge is 0.191 e. The second kappa shape index (κ2) is 9.71. The topological polar surface area (TPSA) is 63.5 Å². The van der Waals surface area contributed by atoms with Crippen molar-refractivity contribution in [3.63, 3.8) is 0 Å². The summed E-state index contributed by atoms with van der Waals surface area (Å²) < 4.78 is 7.90. The molecule has 0 saturated heterocycles. The van der Waals surface area contributed by atoms with Gasteiger partial charge in [-0.2, -0.15) is 5.10 Å². The highest BCUT2D eigenvalue weighted by Gasteiger charge is 2.06. The molecule has 2 aromatic rings. The first kappa shape index (κ1) is 18.8. The Kier molecular flexibility index (Phi) is 7.32. The third-order valence-electron chi connectivity index (χ3n) is 3.67. The molecular weight excluding hydrogens is 314 g/mol. The maximum Gasteiger partial charge on any atom is 0.191 e. The molecule has 0 fully saturated rings. The standard InChI is InChI=1S/C19H29N5O/c1-5-20-19(21-10-11-24-14-15(2)12-23-24)22-13-17(4)25-18-9-7-6-8-16(18)3/h6-9,12,14,17H,5,10-11,13H2,1-4H3,(H2,20,21,22). The van der Waals surface area contributed by atoms with Gasteiger partial charge >= 0.3 is 0 Å². The monoisotopic (exact) mass is 343 g/mol. The molecule has 0 aliphatic heterocycles. The number of benzene rings is 1. The number of aliphatic imine (C=N–C) groups is 1. The average molecular weight is 343 g/mol. The molecule has 6 nitrogen and oxygen atoms in total. The second-order valence-electron chi connectivity index (χ2n) is 6.12. The van der Waals surface area contributed by atoms with E-state index in [9.17, 15) is 0 Å². The molecule has 0 spiro atoms. The number of ether oxygens (including phenoxy) is 1. The predicted molar refractivity (Wildman–Crippen MR) is 102 cm³/mol. The molecule has 1 unspecified atom stereocenters. The Labute approximate surface area is 150 Å². The van der Waals surface area contributed by atoms with Crippen LogP contribution in [0, 0.1) is 13.8 Å². The van der Waals surface area contributed by atoms with E-state index < -0.39 is 0 Å². The van der Waals surface area contributed by atoms with E-state index in [-0.39, 0.29) is 6.10 Å². The molecule has 6 heteroatoms. The van der Waals surface area contributed by atoms with Gasteiger partial charge in [-0.1, -0.05) is 18.2 Å². The number of hydrogen-bond acceptors (Lipinski definition) is 3. The molecule has 1 aromatic heterocycles. The van der Waals surface area contributed by atoms with Crippen LogP contribution in [0.1, 0.15) is 25.0 Å². The van der Waals surface area contributed by atoms with Gasteiger partial charge < -0.3 is 15.4 Å². The summed E-state index contributed by atoms with van der Waals surface area (Å²) in [6, 6.07) is 8.04. The van der Waals surface area contributed by atoms with E-state index in [2.05, 4.69) is 27.6 Å². The lowest BCUT2D eigenvalue weighted by molar-refractivity contribution is 0.228. The molecule has 2 N–H and O–H groups in total. The molecule has 1 atom stereocenters. The van der Waals surface area contributed by atoms with Gasteiger partial charge in [-0.3, -0.25) is 4.68 Å². The summed E-state index contributed by atoms with van der Waals surface area (Å²) in [6.45, 7) is 11.2. The molecular formula is C19H29N5O. The van der Waals surface area contributed by atoms with Crippen molar-refractivity contribution < 1.29 is 4.74 Å². The van der Waals surface area contributed by atoms with Crippen LogP contribution in [0.5, 0.6) is 5.75 Å². The van der Waals surface area contributed by atoms with E-state index in [0.717, 1.165) is 36.9 Å². The van der Waals surface area contributed by atoms with Crippen LogP contribution in [0.4, 0.5) is 0 Å². The fourth-order valence-corrected chi connectivity index (χ4v) is 2.38. The van der Waals surface area contributed by atoms with Gasteiger partial charge in [0, 0.05) is 19.3 Å². The minimum absolute atomic E-state index is 0.00493. The Morgan fingerprint density at radius 3 is 2.76 bits per heavy atom. The Morgan fingerprint density at radius 1 is 1.28 bits per heavy atom. The van der Waals surface area contributed by atoms with Gasteiger partial charge in [0.1, 0.15) is 11.9 Å². The van der Waals surface area contributed by atoms with Crippen LogP contribution in [0.25, 0.3) is 0 Å². The number of para-hydroxylation sites is 1. The highest BCUT2D eigenvalue weighted by atomic mass is 16.5. The first-order valence-corrected chi connectivity index (χ1v) is 8.82. The van der Waals surface area contributed by atoms with Crippen molar-refractivity contribution in [3.8, 4) is 5.75 Å². The van der Waals surface area contributed by atoms with Crippen LogP contribution >= 0.6 is 0 Å². The van der Waals surface area contributed by atoms with E-state index in [1.807, 2.05) is 62.1 Å². The Bertz CT molecular complexity index is 680. The first-order valence-electron chi connectivity index (χ1n) is 8.82. The predicted octanol–water partition coefficient (Wildman–Crippen LogP) is 2.52. The van der Waals surface area contributed by atoms with Gasteiger partial charge in [0.15, 0.2) is 5.96 Å². The average Bonchev–Trinajstić information content (AvgIpc) is 3.00. The number of guanidine groups is 1. The molecule has 0 amide bonds. The molecule has 0 aliphatic rings. The van der Waals surface area contributed by atoms with Crippen molar-refractivity contribution in [2.24, 2.45) is 4.99 Å². The SMILES string of the molecule is CCNC(=NCC(C)Oc1ccccc1C)NCCn1cc(C)cn1.